The lowest BCUT2D eigenvalue weighted by atomic mass is 10.2. The topological polar surface area (TPSA) is 54.4 Å². The van der Waals surface area contributed by atoms with Crippen molar-refractivity contribution in [1.29, 1.82) is 0 Å². The summed E-state index contributed by atoms with van der Waals surface area (Å²) in [6, 6.07) is 8.04. The second-order valence-corrected chi connectivity index (χ2v) is 6.41. The number of morpholine rings is 1. The lowest BCUT2D eigenvalue weighted by Crippen LogP contribution is -2.43. The van der Waals surface area contributed by atoms with Gasteiger partial charge in [0, 0.05) is 39.3 Å². The Morgan fingerprint density at radius 3 is 2.69 bits per heavy atom. The molecule has 6 heteroatoms. The van der Waals surface area contributed by atoms with Gasteiger partial charge in [-0.25, -0.2) is 0 Å². The highest BCUT2D eigenvalue weighted by molar-refractivity contribution is 5.27. The molecule has 0 amide bonds. The molecule has 2 rings (SSSR count). The van der Waals surface area contributed by atoms with E-state index in [0.29, 0.717) is 6.54 Å². The van der Waals surface area contributed by atoms with Crippen LogP contribution in [0.5, 0.6) is 5.75 Å². The normalized spacial score (nSPS) is 16.4. The molecule has 0 saturated carbocycles. The highest BCUT2D eigenvalue weighted by Crippen LogP contribution is 2.13. The molecule has 0 radical (unpaired) electrons. The maximum atomic E-state index is 10.3. The van der Waals surface area contributed by atoms with Crippen LogP contribution < -0.4 is 4.74 Å². The van der Waals surface area contributed by atoms with Crippen LogP contribution in [0, 0.1) is 12.3 Å². The van der Waals surface area contributed by atoms with Gasteiger partial charge >= 0.3 is 0 Å². The molecule has 1 aromatic carbocycles. The Morgan fingerprint density at radius 2 is 2.04 bits per heavy atom. The van der Waals surface area contributed by atoms with E-state index in [9.17, 15) is 5.11 Å². The van der Waals surface area contributed by atoms with Crippen molar-refractivity contribution in [2.24, 2.45) is 0 Å². The SMILES string of the molecule is C#CCOC[C@@H](O)CN(CCN1CCOCC1)Cc1ccc(OC)cc1. The highest BCUT2D eigenvalue weighted by Gasteiger charge is 2.16. The third-order valence-electron chi connectivity index (χ3n) is 4.37. The van der Waals surface area contributed by atoms with Crippen molar-refractivity contribution < 1.29 is 19.3 Å². The van der Waals surface area contributed by atoms with Gasteiger partial charge in [0.1, 0.15) is 12.4 Å². The van der Waals surface area contributed by atoms with Gasteiger partial charge in [0.2, 0.25) is 0 Å². The smallest absolute Gasteiger partial charge is 0.118 e. The van der Waals surface area contributed by atoms with E-state index in [0.717, 1.165) is 51.7 Å². The molecule has 0 bridgehead atoms. The largest absolute Gasteiger partial charge is 0.497 e. The number of aliphatic hydroxyl groups is 1. The minimum Gasteiger partial charge on any atom is -0.497 e. The predicted octanol–water partition coefficient (Wildman–Crippen LogP) is 0.840. The molecule has 0 spiro atoms. The van der Waals surface area contributed by atoms with Crippen molar-refractivity contribution in [2.75, 3.05) is 66.3 Å². The molecule has 0 aromatic heterocycles. The summed E-state index contributed by atoms with van der Waals surface area (Å²) in [6.45, 7) is 7.12. The van der Waals surface area contributed by atoms with Crippen molar-refractivity contribution in [3.05, 3.63) is 29.8 Å². The summed E-state index contributed by atoms with van der Waals surface area (Å²) in [7, 11) is 1.66. The number of terminal acetylenes is 1. The first kappa shape index (κ1) is 20.7. The van der Waals surface area contributed by atoms with E-state index in [2.05, 4.69) is 27.9 Å². The van der Waals surface area contributed by atoms with Crippen LogP contribution in [0.25, 0.3) is 0 Å². The lowest BCUT2D eigenvalue weighted by molar-refractivity contribution is 0.0136. The number of methoxy groups -OCH3 is 1. The van der Waals surface area contributed by atoms with Gasteiger partial charge in [0.05, 0.1) is 33.0 Å². The second kappa shape index (κ2) is 11.9. The molecule has 1 atom stereocenters. The van der Waals surface area contributed by atoms with Crippen molar-refractivity contribution in [1.82, 2.24) is 9.80 Å². The van der Waals surface area contributed by atoms with Gasteiger partial charge in [-0.15, -0.1) is 6.42 Å². The molecule has 6 nitrogen and oxygen atoms in total. The summed E-state index contributed by atoms with van der Waals surface area (Å²) >= 11 is 0. The standard InChI is InChI=1S/C20H30N2O4/c1-3-12-26-17-19(23)16-22(9-8-21-10-13-25-14-11-21)15-18-4-6-20(24-2)7-5-18/h1,4-7,19,23H,8-17H2,2H3/t19-/m0/s1. The number of hydrogen-bond acceptors (Lipinski definition) is 6. The fourth-order valence-electron chi connectivity index (χ4n) is 2.94. The molecule has 144 valence electrons. The molecule has 26 heavy (non-hydrogen) atoms. The lowest BCUT2D eigenvalue weighted by Gasteiger charge is -2.31. The van der Waals surface area contributed by atoms with Crippen molar-refractivity contribution in [3.63, 3.8) is 0 Å². The van der Waals surface area contributed by atoms with Crippen LogP contribution in [0.3, 0.4) is 0 Å². The molecular weight excluding hydrogens is 332 g/mol. The number of hydrogen-bond donors (Lipinski definition) is 1. The zero-order valence-electron chi connectivity index (χ0n) is 15.6. The molecular formula is C20H30N2O4. The van der Waals surface area contributed by atoms with Gasteiger partial charge in [0.15, 0.2) is 0 Å². The molecule has 1 aliphatic heterocycles. The molecule has 1 heterocycles. The fourth-order valence-corrected chi connectivity index (χ4v) is 2.94. The Morgan fingerprint density at radius 1 is 1.31 bits per heavy atom. The van der Waals surface area contributed by atoms with Crippen LogP contribution in [-0.2, 0) is 16.0 Å². The predicted molar refractivity (Wildman–Crippen MR) is 101 cm³/mol. The zero-order valence-corrected chi connectivity index (χ0v) is 15.6. The third-order valence-corrected chi connectivity index (χ3v) is 4.37. The molecule has 1 aliphatic rings. The Kier molecular flexibility index (Phi) is 9.46. The van der Waals surface area contributed by atoms with Crippen LogP contribution in [0.2, 0.25) is 0 Å². The van der Waals surface area contributed by atoms with Crippen LogP contribution in [0.1, 0.15) is 5.56 Å². The summed E-state index contributed by atoms with van der Waals surface area (Å²) in [5.74, 6) is 3.26. The Bertz CT molecular complexity index is 538. The maximum Gasteiger partial charge on any atom is 0.118 e. The number of aliphatic hydroxyl groups excluding tert-OH is 1. The monoisotopic (exact) mass is 362 g/mol. The Balaban J connectivity index is 1.88. The number of benzene rings is 1. The highest BCUT2D eigenvalue weighted by atomic mass is 16.5. The van der Waals surface area contributed by atoms with Crippen LogP contribution >= 0.6 is 0 Å². The van der Waals surface area contributed by atoms with E-state index < -0.39 is 6.10 Å². The van der Waals surface area contributed by atoms with Gasteiger partial charge < -0.3 is 19.3 Å². The van der Waals surface area contributed by atoms with Crippen molar-refractivity contribution in [3.8, 4) is 18.1 Å². The van der Waals surface area contributed by atoms with E-state index in [-0.39, 0.29) is 13.2 Å². The molecule has 1 fully saturated rings. The molecule has 1 N–H and O–H groups in total. The Labute approximate surface area is 156 Å². The van der Waals surface area contributed by atoms with E-state index >= 15 is 0 Å². The number of rotatable bonds is 11. The third kappa shape index (κ3) is 7.73. The minimum atomic E-state index is -0.564. The molecule has 0 unspecified atom stereocenters. The summed E-state index contributed by atoms with van der Waals surface area (Å²) in [5, 5.41) is 10.3. The summed E-state index contributed by atoms with van der Waals surface area (Å²) < 4.78 is 15.9. The van der Waals surface area contributed by atoms with Crippen molar-refractivity contribution >= 4 is 0 Å². The van der Waals surface area contributed by atoms with Crippen molar-refractivity contribution in [2.45, 2.75) is 12.6 Å². The average Bonchev–Trinajstić information content (AvgIpc) is 2.68. The number of nitrogens with zero attached hydrogens (tertiary/aromatic N) is 2. The van der Waals surface area contributed by atoms with Gasteiger partial charge in [-0.2, -0.15) is 0 Å². The van der Waals surface area contributed by atoms with Crippen LogP contribution in [0.4, 0.5) is 0 Å². The minimum absolute atomic E-state index is 0.226. The summed E-state index contributed by atoms with van der Waals surface area (Å²) in [6.07, 6.45) is 4.62. The van der Waals surface area contributed by atoms with E-state index in [1.54, 1.807) is 7.11 Å². The zero-order chi connectivity index (χ0) is 18.6. The molecule has 0 aliphatic carbocycles. The second-order valence-electron chi connectivity index (χ2n) is 6.41. The first-order valence-corrected chi connectivity index (χ1v) is 9.06. The van der Waals surface area contributed by atoms with Crippen LogP contribution in [-0.4, -0.2) is 87.3 Å². The van der Waals surface area contributed by atoms with E-state index in [1.807, 2.05) is 12.1 Å². The first-order valence-electron chi connectivity index (χ1n) is 9.06. The summed E-state index contributed by atoms with van der Waals surface area (Å²) in [5.41, 5.74) is 1.18. The van der Waals surface area contributed by atoms with Gasteiger partial charge in [-0.3, -0.25) is 9.80 Å². The Hall–Kier alpha value is -1.62. The molecule has 1 saturated heterocycles. The van der Waals surface area contributed by atoms with E-state index in [1.165, 1.54) is 5.56 Å². The first-order chi connectivity index (χ1) is 12.7. The van der Waals surface area contributed by atoms with Gasteiger partial charge in [-0.05, 0) is 17.7 Å². The average molecular weight is 362 g/mol. The maximum absolute atomic E-state index is 10.3. The number of ether oxygens (including phenoxy) is 3. The van der Waals surface area contributed by atoms with E-state index in [4.69, 9.17) is 20.6 Å². The quantitative estimate of drug-likeness (QED) is 0.465. The molecule has 1 aromatic rings. The summed E-state index contributed by atoms with van der Waals surface area (Å²) in [4.78, 5) is 4.65. The van der Waals surface area contributed by atoms with Crippen LogP contribution in [0.15, 0.2) is 24.3 Å². The fraction of sp³-hybridized carbons (Fsp3) is 0.600. The van der Waals surface area contributed by atoms with Gasteiger partial charge in [-0.1, -0.05) is 18.1 Å². The van der Waals surface area contributed by atoms with Gasteiger partial charge in [0.25, 0.3) is 0 Å².